The lowest BCUT2D eigenvalue weighted by Crippen LogP contribution is -2.32. The van der Waals surface area contributed by atoms with Crippen LogP contribution in [0.3, 0.4) is 0 Å². The monoisotopic (exact) mass is 166 g/mol. The Morgan fingerprint density at radius 1 is 1.67 bits per heavy atom. The lowest BCUT2D eigenvalue weighted by atomic mass is 9.79. The molecular formula is C9H10O3. The summed E-state index contributed by atoms with van der Waals surface area (Å²) in [5, 5.41) is 8.98. The highest BCUT2D eigenvalue weighted by Gasteiger charge is 2.53. The van der Waals surface area contributed by atoms with Gasteiger partial charge in [-0.15, -0.1) is 0 Å². The number of carboxylic acids is 1. The van der Waals surface area contributed by atoms with Gasteiger partial charge in [0, 0.05) is 5.92 Å². The molecule has 1 fully saturated rings. The summed E-state index contributed by atoms with van der Waals surface area (Å²) in [5.74, 6) is -0.836. The molecule has 0 amide bonds. The van der Waals surface area contributed by atoms with Crippen LogP contribution >= 0.6 is 0 Å². The number of carboxylic acid groups (broad SMARTS) is 1. The molecule has 0 aromatic heterocycles. The molecule has 2 bridgehead atoms. The lowest BCUT2D eigenvalue weighted by Gasteiger charge is -2.22. The molecule has 3 nitrogen and oxygen atoms in total. The third kappa shape index (κ3) is 0.709. The summed E-state index contributed by atoms with van der Waals surface area (Å²) in [4.78, 5) is 21.5. The molecule has 2 aliphatic rings. The molecule has 0 spiro atoms. The predicted molar refractivity (Wildman–Crippen MR) is 41.5 cm³/mol. The molecule has 0 radical (unpaired) electrons. The lowest BCUT2D eigenvalue weighted by molar-refractivity contribution is -0.149. The molecule has 1 N–H and O–H groups in total. The van der Waals surface area contributed by atoms with E-state index in [9.17, 15) is 9.59 Å². The van der Waals surface area contributed by atoms with E-state index < -0.39 is 11.4 Å². The van der Waals surface area contributed by atoms with Crippen molar-refractivity contribution < 1.29 is 14.7 Å². The minimum Gasteiger partial charge on any atom is -0.481 e. The van der Waals surface area contributed by atoms with Gasteiger partial charge in [-0.3, -0.25) is 4.79 Å². The first kappa shape index (κ1) is 7.53. The number of hydrogen-bond donors (Lipinski definition) is 1. The molecule has 3 atom stereocenters. The van der Waals surface area contributed by atoms with E-state index in [1.54, 1.807) is 6.08 Å². The van der Waals surface area contributed by atoms with Crippen LogP contribution in [-0.4, -0.2) is 17.4 Å². The van der Waals surface area contributed by atoms with Crippen LogP contribution in [0.15, 0.2) is 12.2 Å². The second kappa shape index (κ2) is 2.19. The average molecular weight is 166 g/mol. The molecule has 0 aromatic rings. The first-order valence-corrected chi connectivity index (χ1v) is 4.07. The minimum atomic E-state index is -0.855. The van der Waals surface area contributed by atoms with Crippen molar-refractivity contribution in [2.75, 3.05) is 0 Å². The number of rotatable bonds is 2. The quantitative estimate of drug-likeness (QED) is 0.488. The Morgan fingerprint density at radius 3 is 2.83 bits per heavy atom. The Bertz CT molecular complexity index is 269. The van der Waals surface area contributed by atoms with Crippen molar-refractivity contribution in [3.05, 3.63) is 12.2 Å². The molecule has 0 aliphatic heterocycles. The first-order chi connectivity index (χ1) is 5.69. The van der Waals surface area contributed by atoms with Gasteiger partial charge >= 0.3 is 5.97 Å². The number of carbonyl (C=O) groups is 2. The van der Waals surface area contributed by atoms with Crippen molar-refractivity contribution in [1.29, 1.82) is 0 Å². The van der Waals surface area contributed by atoms with E-state index in [2.05, 4.69) is 0 Å². The van der Waals surface area contributed by atoms with Gasteiger partial charge in [0.05, 0.1) is 5.41 Å². The zero-order valence-electron chi connectivity index (χ0n) is 6.56. The maximum atomic E-state index is 10.9. The normalized spacial score (nSPS) is 43.3. The molecule has 0 aromatic carbocycles. The smallest absolute Gasteiger partial charge is 0.314 e. The van der Waals surface area contributed by atoms with E-state index in [1.807, 2.05) is 6.08 Å². The fourth-order valence-electron chi connectivity index (χ4n) is 2.35. The number of aldehydes is 1. The van der Waals surface area contributed by atoms with E-state index in [4.69, 9.17) is 5.11 Å². The van der Waals surface area contributed by atoms with Gasteiger partial charge in [-0.1, -0.05) is 12.2 Å². The summed E-state index contributed by atoms with van der Waals surface area (Å²) in [6.07, 6.45) is 5.74. The van der Waals surface area contributed by atoms with E-state index >= 15 is 0 Å². The van der Waals surface area contributed by atoms with Gasteiger partial charge < -0.3 is 9.90 Å². The Labute approximate surface area is 70.1 Å². The first-order valence-electron chi connectivity index (χ1n) is 4.07. The molecule has 3 unspecified atom stereocenters. The van der Waals surface area contributed by atoms with Crippen molar-refractivity contribution in [3.8, 4) is 0 Å². The maximum absolute atomic E-state index is 10.9. The van der Waals surface area contributed by atoms with E-state index in [0.717, 1.165) is 6.29 Å². The highest BCUT2D eigenvalue weighted by molar-refractivity contribution is 5.83. The highest BCUT2D eigenvalue weighted by atomic mass is 16.4. The van der Waals surface area contributed by atoms with Gasteiger partial charge in [-0.05, 0) is 18.8 Å². The molecule has 2 rings (SSSR count). The van der Waals surface area contributed by atoms with Crippen molar-refractivity contribution in [2.45, 2.75) is 12.8 Å². The fraction of sp³-hybridized carbons (Fsp3) is 0.556. The maximum Gasteiger partial charge on any atom is 0.314 e. The third-order valence-corrected chi connectivity index (χ3v) is 3.05. The van der Waals surface area contributed by atoms with Crippen LogP contribution in [-0.2, 0) is 9.59 Å². The van der Waals surface area contributed by atoms with Gasteiger partial charge in [0.2, 0.25) is 0 Å². The molecule has 2 aliphatic carbocycles. The predicted octanol–water partition coefficient (Wildman–Crippen LogP) is 0.852. The van der Waals surface area contributed by atoms with Crippen LogP contribution in [0, 0.1) is 17.3 Å². The van der Waals surface area contributed by atoms with Crippen LogP contribution in [0.1, 0.15) is 12.8 Å². The summed E-state index contributed by atoms with van der Waals surface area (Å²) in [6.45, 7) is 0. The number of allylic oxidation sites excluding steroid dienone is 1. The van der Waals surface area contributed by atoms with Gasteiger partial charge in [-0.2, -0.15) is 0 Å². The molecule has 3 heteroatoms. The van der Waals surface area contributed by atoms with Crippen molar-refractivity contribution in [1.82, 2.24) is 0 Å². The summed E-state index contributed by atoms with van der Waals surface area (Å²) >= 11 is 0. The number of carbonyl (C=O) groups excluding carboxylic acids is 1. The SMILES string of the molecule is O=CC1CC2C=CC1(C(=O)O)C2. The van der Waals surface area contributed by atoms with Crippen LogP contribution in [0.25, 0.3) is 0 Å². The van der Waals surface area contributed by atoms with Crippen molar-refractivity contribution >= 4 is 12.3 Å². The summed E-state index contributed by atoms with van der Waals surface area (Å²) in [6, 6.07) is 0. The zero-order valence-corrected chi connectivity index (χ0v) is 6.56. The second-order valence-corrected chi connectivity index (χ2v) is 3.65. The molecule has 0 saturated heterocycles. The van der Waals surface area contributed by atoms with Crippen LogP contribution in [0.2, 0.25) is 0 Å². The zero-order chi connectivity index (χ0) is 8.77. The summed E-state index contributed by atoms with van der Waals surface area (Å²) in [5.41, 5.74) is -0.855. The Hall–Kier alpha value is -1.12. The molecule has 0 heterocycles. The Kier molecular flexibility index (Phi) is 1.37. The molecular weight excluding hydrogens is 156 g/mol. The topological polar surface area (TPSA) is 54.4 Å². The second-order valence-electron chi connectivity index (χ2n) is 3.65. The number of fused-ring (bicyclic) bond motifs is 2. The number of aliphatic carboxylic acids is 1. The minimum absolute atomic E-state index is 0.301. The van der Waals surface area contributed by atoms with Crippen LogP contribution in [0.4, 0.5) is 0 Å². The van der Waals surface area contributed by atoms with Crippen molar-refractivity contribution in [3.63, 3.8) is 0 Å². The highest BCUT2D eigenvalue weighted by Crippen LogP contribution is 2.52. The third-order valence-electron chi connectivity index (χ3n) is 3.05. The van der Waals surface area contributed by atoms with Crippen LogP contribution < -0.4 is 0 Å². The standard InChI is InChI=1S/C9H10O3/c10-5-7-3-6-1-2-9(7,4-6)8(11)12/h1-2,5-7H,3-4H2,(H,11,12). The van der Waals surface area contributed by atoms with Gasteiger partial charge in [-0.25, -0.2) is 0 Å². The fourth-order valence-corrected chi connectivity index (χ4v) is 2.35. The summed E-state index contributed by atoms with van der Waals surface area (Å²) in [7, 11) is 0. The summed E-state index contributed by atoms with van der Waals surface area (Å²) < 4.78 is 0. The van der Waals surface area contributed by atoms with Gasteiger partial charge in [0.25, 0.3) is 0 Å². The van der Waals surface area contributed by atoms with Crippen LogP contribution in [0.5, 0.6) is 0 Å². The molecule has 64 valence electrons. The van der Waals surface area contributed by atoms with Gasteiger partial charge in [0.15, 0.2) is 0 Å². The van der Waals surface area contributed by atoms with E-state index in [-0.39, 0.29) is 5.92 Å². The molecule has 1 saturated carbocycles. The van der Waals surface area contributed by atoms with Gasteiger partial charge in [0.1, 0.15) is 6.29 Å². The van der Waals surface area contributed by atoms with Crippen molar-refractivity contribution in [2.24, 2.45) is 17.3 Å². The number of hydrogen-bond acceptors (Lipinski definition) is 2. The average Bonchev–Trinajstić information content (AvgIpc) is 2.60. The van der Waals surface area contributed by atoms with E-state index in [1.165, 1.54) is 0 Å². The largest absolute Gasteiger partial charge is 0.481 e. The Morgan fingerprint density at radius 2 is 2.42 bits per heavy atom. The Balaban J connectivity index is 2.39. The van der Waals surface area contributed by atoms with E-state index in [0.29, 0.717) is 18.8 Å². The molecule has 12 heavy (non-hydrogen) atoms.